The average Bonchev–Trinajstić information content (AvgIpc) is 2.52. The summed E-state index contributed by atoms with van der Waals surface area (Å²) in [7, 11) is 0. The van der Waals surface area contributed by atoms with E-state index >= 15 is 0 Å². The van der Waals surface area contributed by atoms with Gasteiger partial charge in [0.25, 0.3) is 0 Å². The molecule has 3 rings (SSSR count). The lowest BCUT2D eigenvalue weighted by Crippen LogP contribution is -2.18. The maximum atomic E-state index is 12.2. The predicted octanol–water partition coefficient (Wildman–Crippen LogP) is 2.92. The minimum Gasteiger partial charge on any atom is -0.481 e. The summed E-state index contributed by atoms with van der Waals surface area (Å²) in [6, 6.07) is 3.71. The Morgan fingerprint density at radius 1 is 1.22 bits per heavy atom. The van der Waals surface area contributed by atoms with Crippen LogP contribution in [0.25, 0.3) is 11.0 Å². The van der Waals surface area contributed by atoms with Gasteiger partial charge in [-0.1, -0.05) is 0 Å². The van der Waals surface area contributed by atoms with E-state index in [0.29, 0.717) is 17.9 Å². The van der Waals surface area contributed by atoms with Crippen LogP contribution in [0.15, 0.2) is 21.3 Å². The molecule has 1 heterocycles. The fraction of sp³-hybridized carbons (Fsp3) is 0.444. The standard InChI is InChI=1S/C18H20O5/c1-3-21-16(19)10-22-14-8-11(2)9-15-17(14)12-6-4-5-7-13(12)18(20)23-15/h8-9H,3-7,10H2,1-2H3. The maximum Gasteiger partial charge on any atom is 0.344 e. The number of carbonyl (C=O) groups is 1. The zero-order chi connectivity index (χ0) is 16.4. The van der Waals surface area contributed by atoms with E-state index in [4.69, 9.17) is 13.9 Å². The molecule has 0 amide bonds. The van der Waals surface area contributed by atoms with E-state index in [1.165, 1.54) is 0 Å². The van der Waals surface area contributed by atoms with E-state index in [1.807, 2.05) is 19.1 Å². The first-order valence-electron chi connectivity index (χ1n) is 7.97. The molecule has 1 aliphatic rings. The number of rotatable bonds is 4. The highest BCUT2D eigenvalue weighted by molar-refractivity contribution is 5.89. The Balaban J connectivity index is 2.09. The monoisotopic (exact) mass is 316 g/mol. The molecule has 0 unspecified atom stereocenters. The highest BCUT2D eigenvalue weighted by Gasteiger charge is 2.21. The first-order chi connectivity index (χ1) is 11.1. The number of carbonyl (C=O) groups excluding carboxylic acids is 1. The van der Waals surface area contributed by atoms with Crippen molar-refractivity contribution in [1.29, 1.82) is 0 Å². The van der Waals surface area contributed by atoms with Crippen molar-refractivity contribution in [3.8, 4) is 5.75 Å². The molecule has 0 aliphatic heterocycles. The zero-order valence-electron chi connectivity index (χ0n) is 13.4. The second-order valence-electron chi connectivity index (χ2n) is 5.78. The third kappa shape index (κ3) is 3.09. The van der Waals surface area contributed by atoms with Crippen molar-refractivity contribution in [3.05, 3.63) is 39.2 Å². The van der Waals surface area contributed by atoms with Crippen LogP contribution in [0.1, 0.15) is 36.5 Å². The van der Waals surface area contributed by atoms with Gasteiger partial charge in [-0.25, -0.2) is 9.59 Å². The second kappa shape index (κ2) is 6.44. The minimum atomic E-state index is -0.409. The topological polar surface area (TPSA) is 65.7 Å². The normalized spacial score (nSPS) is 13.7. The molecular formula is C18H20O5. The van der Waals surface area contributed by atoms with Gasteiger partial charge in [0.05, 0.1) is 12.0 Å². The van der Waals surface area contributed by atoms with E-state index in [0.717, 1.165) is 47.8 Å². The van der Waals surface area contributed by atoms with Gasteiger partial charge in [0.1, 0.15) is 11.3 Å². The zero-order valence-corrected chi connectivity index (χ0v) is 13.4. The number of aryl methyl sites for hydroxylation is 2. The third-order valence-electron chi connectivity index (χ3n) is 4.08. The molecule has 0 radical (unpaired) electrons. The Labute approximate surface area is 134 Å². The summed E-state index contributed by atoms with van der Waals surface area (Å²) in [6.07, 6.45) is 3.60. The van der Waals surface area contributed by atoms with Crippen molar-refractivity contribution in [3.63, 3.8) is 0 Å². The minimum absolute atomic E-state index is 0.152. The Hall–Kier alpha value is -2.30. The van der Waals surface area contributed by atoms with Crippen LogP contribution in [0, 0.1) is 6.92 Å². The van der Waals surface area contributed by atoms with Crippen LogP contribution in [0.4, 0.5) is 0 Å². The summed E-state index contributed by atoms with van der Waals surface area (Å²) in [5, 5.41) is 0.814. The molecule has 23 heavy (non-hydrogen) atoms. The molecule has 1 aromatic heterocycles. The Bertz CT molecular complexity index is 803. The van der Waals surface area contributed by atoms with Crippen molar-refractivity contribution in [2.45, 2.75) is 39.5 Å². The smallest absolute Gasteiger partial charge is 0.344 e. The highest BCUT2D eigenvalue weighted by Crippen LogP contribution is 2.34. The summed E-state index contributed by atoms with van der Waals surface area (Å²) in [4.78, 5) is 23.7. The maximum absolute atomic E-state index is 12.2. The summed E-state index contributed by atoms with van der Waals surface area (Å²) >= 11 is 0. The molecule has 5 heteroatoms. The number of ether oxygens (including phenoxy) is 2. The molecule has 0 atom stereocenters. The van der Waals surface area contributed by atoms with Crippen molar-refractivity contribution in [1.82, 2.24) is 0 Å². The van der Waals surface area contributed by atoms with Gasteiger partial charge in [-0.2, -0.15) is 0 Å². The van der Waals surface area contributed by atoms with Crippen LogP contribution >= 0.6 is 0 Å². The third-order valence-corrected chi connectivity index (χ3v) is 4.08. The van der Waals surface area contributed by atoms with Crippen LogP contribution in [-0.4, -0.2) is 19.2 Å². The summed E-state index contributed by atoms with van der Waals surface area (Å²) < 4.78 is 16.1. The van der Waals surface area contributed by atoms with Gasteiger partial charge >= 0.3 is 11.6 Å². The van der Waals surface area contributed by atoms with Gasteiger partial charge in [-0.3, -0.25) is 0 Å². The van der Waals surface area contributed by atoms with E-state index in [-0.39, 0.29) is 12.2 Å². The summed E-state index contributed by atoms with van der Waals surface area (Å²) in [5.41, 5.74) is 2.92. The molecule has 122 valence electrons. The van der Waals surface area contributed by atoms with Gasteiger partial charge in [0.15, 0.2) is 6.61 Å². The first kappa shape index (κ1) is 15.6. The molecule has 2 aromatic rings. The van der Waals surface area contributed by atoms with Crippen molar-refractivity contribution in [2.24, 2.45) is 0 Å². The molecule has 0 saturated heterocycles. The van der Waals surface area contributed by atoms with Gasteiger partial charge in [0.2, 0.25) is 0 Å². The van der Waals surface area contributed by atoms with Gasteiger partial charge in [0, 0.05) is 5.56 Å². The van der Waals surface area contributed by atoms with Gasteiger partial charge in [-0.15, -0.1) is 0 Å². The molecule has 1 aliphatic carbocycles. The molecule has 0 spiro atoms. The number of fused-ring (bicyclic) bond motifs is 3. The lowest BCUT2D eigenvalue weighted by Gasteiger charge is -2.18. The number of benzene rings is 1. The van der Waals surface area contributed by atoms with E-state index in [1.54, 1.807) is 6.92 Å². The van der Waals surface area contributed by atoms with Crippen molar-refractivity contribution >= 4 is 16.9 Å². The fourth-order valence-electron chi connectivity index (χ4n) is 3.12. The SMILES string of the molecule is CCOC(=O)COc1cc(C)cc2oc(=O)c3c(c12)CCCC3. The summed E-state index contributed by atoms with van der Waals surface area (Å²) in [6.45, 7) is 3.82. The van der Waals surface area contributed by atoms with Crippen molar-refractivity contribution in [2.75, 3.05) is 13.2 Å². The van der Waals surface area contributed by atoms with E-state index in [2.05, 4.69) is 0 Å². The van der Waals surface area contributed by atoms with Crippen molar-refractivity contribution < 1.29 is 18.7 Å². The lowest BCUT2D eigenvalue weighted by molar-refractivity contribution is -0.145. The van der Waals surface area contributed by atoms with Crippen LogP contribution in [-0.2, 0) is 22.4 Å². The molecule has 0 N–H and O–H groups in total. The molecule has 0 fully saturated rings. The molecular weight excluding hydrogens is 296 g/mol. The van der Waals surface area contributed by atoms with E-state index in [9.17, 15) is 9.59 Å². The Morgan fingerprint density at radius 2 is 1.96 bits per heavy atom. The number of esters is 1. The Morgan fingerprint density at radius 3 is 2.70 bits per heavy atom. The molecule has 5 nitrogen and oxygen atoms in total. The Kier molecular flexibility index (Phi) is 4.37. The predicted molar refractivity (Wildman–Crippen MR) is 86.0 cm³/mol. The summed E-state index contributed by atoms with van der Waals surface area (Å²) in [5.74, 6) is 0.170. The lowest BCUT2D eigenvalue weighted by atomic mass is 9.90. The second-order valence-corrected chi connectivity index (χ2v) is 5.78. The first-order valence-corrected chi connectivity index (χ1v) is 7.97. The highest BCUT2D eigenvalue weighted by atomic mass is 16.6. The quantitative estimate of drug-likeness (QED) is 0.641. The largest absolute Gasteiger partial charge is 0.481 e. The van der Waals surface area contributed by atoms with Crippen LogP contribution < -0.4 is 10.4 Å². The van der Waals surface area contributed by atoms with Crippen LogP contribution in [0.5, 0.6) is 5.75 Å². The number of hydrogen-bond donors (Lipinski definition) is 0. The molecule has 0 bridgehead atoms. The van der Waals surface area contributed by atoms with Crippen LogP contribution in [0.3, 0.4) is 0 Å². The average molecular weight is 316 g/mol. The fourth-order valence-corrected chi connectivity index (χ4v) is 3.12. The van der Waals surface area contributed by atoms with Gasteiger partial charge < -0.3 is 13.9 Å². The molecule has 0 saturated carbocycles. The number of hydrogen-bond acceptors (Lipinski definition) is 5. The molecule has 1 aromatic carbocycles. The van der Waals surface area contributed by atoms with Crippen LogP contribution in [0.2, 0.25) is 0 Å². The van der Waals surface area contributed by atoms with Gasteiger partial charge in [-0.05, 0) is 62.8 Å². The van der Waals surface area contributed by atoms with E-state index < -0.39 is 5.97 Å².